The van der Waals surface area contributed by atoms with E-state index >= 15 is 0 Å². The van der Waals surface area contributed by atoms with Crippen molar-refractivity contribution in [1.29, 1.82) is 0 Å². The van der Waals surface area contributed by atoms with Crippen LogP contribution in [0.15, 0.2) is 15.9 Å². The smallest absolute Gasteiger partial charge is 0.0701 e. The van der Waals surface area contributed by atoms with Gasteiger partial charge >= 0.3 is 0 Å². The first-order valence-corrected chi connectivity index (χ1v) is 8.75. The average molecular weight is 328 g/mol. The summed E-state index contributed by atoms with van der Waals surface area (Å²) in [5.74, 6) is 2.99. The molecule has 2 fully saturated rings. The summed E-state index contributed by atoms with van der Waals surface area (Å²) in [4.78, 5) is 1.44. The lowest BCUT2D eigenvalue weighted by Crippen LogP contribution is -2.37. The summed E-state index contributed by atoms with van der Waals surface area (Å²) < 4.78 is 1.23. The third-order valence-electron chi connectivity index (χ3n) is 4.97. The number of hydrogen-bond acceptors (Lipinski definition) is 2. The highest BCUT2D eigenvalue weighted by Crippen LogP contribution is 2.49. The molecule has 0 aromatic carbocycles. The minimum absolute atomic E-state index is 0.482. The van der Waals surface area contributed by atoms with Crippen molar-refractivity contribution < 1.29 is 0 Å². The highest BCUT2D eigenvalue weighted by atomic mass is 79.9. The summed E-state index contributed by atoms with van der Waals surface area (Å²) >= 11 is 5.40. The molecule has 0 amide bonds. The summed E-state index contributed by atoms with van der Waals surface area (Å²) in [5, 5.41) is 3.83. The van der Waals surface area contributed by atoms with Crippen molar-refractivity contribution in [2.45, 2.75) is 51.6 Å². The van der Waals surface area contributed by atoms with Gasteiger partial charge < -0.3 is 5.32 Å². The Labute approximate surface area is 122 Å². The molecular weight excluding hydrogens is 306 g/mol. The SMILES string of the molecule is CC(NC(C)C1CC2CCC1C2)c1ccc(Br)s1. The van der Waals surface area contributed by atoms with E-state index in [1.54, 1.807) is 0 Å². The topological polar surface area (TPSA) is 12.0 Å². The number of rotatable bonds is 4. The minimum atomic E-state index is 0.482. The Hall–Kier alpha value is 0.140. The van der Waals surface area contributed by atoms with E-state index in [0.717, 1.165) is 17.8 Å². The summed E-state index contributed by atoms with van der Waals surface area (Å²) in [6, 6.07) is 5.53. The van der Waals surface area contributed by atoms with E-state index < -0.39 is 0 Å². The lowest BCUT2D eigenvalue weighted by Gasteiger charge is -2.30. The van der Waals surface area contributed by atoms with Crippen molar-refractivity contribution in [2.75, 3.05) is 0 Å². The van der Waals surface area contributed by atoms with Gasteiger partial charge in [-0.2, -0.15) is 0 Å². The lowest BCUT2D eigenvalue weighted by molar-refractivity contribution is 0.249. The maximum Gasteiger partial charge on any atom is 0.0701 e. The van der Waals surface area contributed by atoms with Gasteiger partial charge in [-0.1, -0.05) is 6.42 Å². The fourth-order valence-corrected chi connectivity index (χ4v) is 5.50. The van der Waals surface area contributed by atoms with Crippen molar-refractivity contribution in [3.63, 3.8) is 0 Å². The molecule has 1 nitrogen and oxygen atoms in total. The second kappa shape index (κ2) is 5.26. The minimum Gasteiger partial charge on any atom is -0.307 e. The zero-order valence-corrected chi connectivity index (χ0v) is 13.6. The van der Waals surface area contributed by atoms with Gasteiger partial charge in [-0.15, -0.1) is 11.3 Å². The van der Waals surface area contributed by atoms with Gasteiger partial charge in [0.2, 0.25) is 0 Å². The summed E-state index contributed by atoms with van der Waals surface area (Å²) in [6.45, 7) is 4.69. The quantitative estimate of drug-likeness (QED) is 0.821. The van der Waals surface area contributed by atoms with Gasteiger partial charge in [0.15, 0.2) is 0 Å². The molecule has 3 rings (SSSR count). The monoisotopic (exact) mass is 327 g/mol. The third-order valence-corrected chi connectivity index (χ3v) is 6.78. The predicted molar refractivity (Wildman–Crippen MR) is 82.0 cm³/mol. The van der Waals surface area contributed by atoms with E-state index in [2.05, 4.69) is 47.2 Å². The number of thiophene rings is 1. The van der Waals surface area contributed by atoms with Crippen LogP contribution in [0.2, 0.25) is 0 Å². The third kappa shape index (κ3) is 2.54. The number of hydrogen-bond donors (Lipinski definition) is 1. The zero-order chi connectivity index (χ0) is 12.7. The van der Waals surface area contributed by atoms with Crippen LogP contribution in [0.25, 0.3) is 0 Å². The highest BCUT2D eigenvalue weighted by molar-refractivity contribution is 9.11. The van der Waals surface area contributed by atoms with E-state index in [1.165, 1.54) is 34.3 Å². The maximum atomic E-state index is 3.83. The normalized spacial score (nSPS) is 33.8. The van der Waals surface area contributed by atoms with Gasteiger partial charge in [-0.05, 0) is 78.9 Å². The van der Waals surface area contributed by atoms with Crippen molar-refractivity contribution in [3.8, 4) is 0 Å². The molecule has 0 saturated heterocycles. The Kier molecular flexibility index (Phi) is 3.84. The van der Waals surface area contributed by atoms with Crippen LogP contribution in [0.4, 0.5) is 0 Å². The van der Waals surface area contributed by atoms with Crippen molar-refractivity contribution in [3.05, 3.63) is 20.8 Å². The van der Waals surface area contributed by atoms with Crippen LogP contribution in [0.5, 0.6) is 0 Å². The molecule has 0 spiro atoms. The average Bonchev–Trinajstić information content (AvgIpc) is 3.03. The van der Waals surface area contributed by atoms with E-state index in [1.807, 2.05) is 11.3 Å². The highest BCUT2D eigenvalue weighted by Gasteiger charge is 2.41. The maximum absolute atomic E-state index is 3.83. The predicted octanol–water partition coefficient (Wildman–Crippen LogP) is 4.99. The molecule has 2 bridgehead atoms. The molecule has 2 aliphatic rings. The van der Waals surface area contributed by atoms with E-state index in [4.69, 9.17) is 0 Å². The Morgan fingerprint density at radius 1 is 1.28 bits per heavy atom. The second-order valence-corrected chi connectivity index (χ2v) is 8.65. The fraction of sp³-hybridized carbons (Fsp3) is 0.733. The summed E-state index contributed by atoms with van der Waals surface area (Å²) in [7, 11) is 0. The number of halogens is 1. The molecule has 3 heteroatoms. The molecule has 1 aromatic heterocycles. The first kappa shape index (κ1) is 13.1. The molecule has 2 aliphatic carbocycles. The van der Waals surface area contributed by atoms with Gasteiger partial charge in [0.1, 0.15) is 0 Å². The molecule has 0 radical (unpaired) electrons. The summed E-state index contributed by atoms with van der Waals surface area (Å²) in [6.07, 6.45) is 5.97. The van der Waals surface area contributed by atoms with Crippen LogP contribution < -0.4 is 5.32 Å². The van der Waals surface area contributed by atoms with Crippen LogP contribution in [-0.4, -0.2) is 6.04 Å². The van der Waals surface area contributed by atoms with Crippen LogP contribution in [0, 0.1) is 17.8 Å². The van der Waals surface area contributed by atoms with Crippen LogP contribution >= 0.6 is 27.3 Å². The van der Waals surface area contributed by atoms with Gasteiger partial charge in [0.05, 0.1) is 3.79 Å². The first-order valence-electron chi connectivity index (χ1n) is 7.14. The molecule has 1 N–H and O–H groups in total. The molecule has 1 aromatic rings. The molecule has 5 atom stereocenters. The standard InChI is InChI=1S/C15H22BrNS/c1-9(13-8-11-3-4-12(13)7-11)17-10(2)14-5-6-15(16)18-14/h5-6,9-13,17H,3-4,7-8H2,1-2H3. The van der Waals surface area contributed by atoms with Gasteiger partial charge in [0.25, 0.3) is 0 Å². The second-order valence-electron chi connectivity index (χ2n) is 6.16. The van der Waals surface area contributed by atoms with Crippen LogP contribution in [0.1, 0.15) is 50.4 Å². The number of fused-ring (bicyclic) bond motifs is 2. The molecule has 100 valence electrons. The first-order chi connectivity index (χ1) is 8.63. The molecular formula is C15H22BrNS. The Morgan fingerprint density at radius 2 is 2.11 bits per heavy atom. The van der Waals surface area contributed by atoms with E-state index in [9.17, 15) is 0 Å². The van der Waals surface area contributed by atoms with Gasteiger partial charge in [-0.25, -0.2) is 0 Å². The van der Waals surface area contributed by atoms with Crippen molar-refractivity contribution >= 4 is 27.3 Å². The van der Waals surface area contributed by atoms with Crippen LogP contribution in [0.3, 0.4) is 0 Å². The van der Waals surface area contributed by atoms with Crippen LogP contribution in [-0.2, 0) is 0 Å². The molecule has 1 heterocycles. The van der Waals surface area contributed by atoms with Gasteiger partial charge in [0, 0.05) is 17.0 Å². The molecule has 0 aliphatic heterocycles. The molecule has 2 saturated carbocycles. The van der Waals surface area contributed by atoms with Gasteiger partial charge in [-0.3, -0.25) is 0 Å². The number of nitrogens with one attached hydrogen (secondary N) is 1. The Balaban J connectivity index is 1.59. The lowest BCUT2D eigenvalue weighted by atomic mass is 9.84. The fourth-order valence-electron chi connectivity index (χ4n) is 4.07. The summed E-state index contributed by atoms with van der Waals surface area (Å²) in [5.41, 5.74) is 0. The van der Waals surface area contributed by atoms with E-state index in [0.29, 0.717) is 12.1 Å². The Morgan fingerprint density at radius 3 is 2.67 bits per heavy atom. The van der Waals surface area contributed by atoms with Crippen molar-refractivity contribution in [1.82, 2.24) is 5.32 Å². The van der Waals surface area contributed by atoms with Crippen molar-refractivity contribution in [2.24, 2.45) is 17.8 Å². The largest absolute Gasteiger partial charge is 0.307 e. The Bertz CT molecular complexity index is 416. The molecule has 18 heavy (non-hydrogen) atoms. The molecule has 5 unspecified atom stereocenters. The zero-order valence-electron chi connectivity index (χ0n) is 11.2. The van der Waals surface area contributed by atoms with E-state index in [-0.39, 0.29) is 0 Å².